The van der Waals surface area contributed by atoms with Crippen LogP contribution in [0.5, 0.6) is 0 Å². The van der Waals surface area contributed by atoms with Crippen molar-refractivity contribution in [3.8, 4) is 0 Å². The van der Waals surface area contributed by atoms with Crippen molar-refractivity contribution in [2.24, 2.45) is 11.7 Å². The van der Waals surface area contributed by atoms with E-state index in [-0.39, 0.29) is 29.5 Å². The van der Waals surface area contributed by atoms with Crippen LogP contribution in [-0.2, 0) is 4.79 Å². The summed E-state index contributed by atoms with van der Waals surface area (Å²) in [7, 11) is 0. The minimum Gasteiger partial charge on any atom is -0.459 e. The first-order valence-electron chi connectivity index (χ1n) is 6.87. The molecule has 1 aromatic heterocycles. The second kappa shape index (κ2) is 6.09. The van der Waals surface area contributed by atoms with Crippen molar-refractivity contribution in [2.45, 2.75) is 32.4 Å². The number of rotatable bonds is 4. The van der Waals surface area contributed by atoms with E-state index in [0.29, 0.717) is 13.1 Å². The summed E-state index contributed by atoms with van der Waals surface area (Å²) in [5.41, 5.74) is 5.82. The van der Waals surface area contributed by atoms with Crippen molar-refractivity contribution >= 4 is 11.8 Å². The minimum absolute atomic E-state index is 0.00163. The van der Waals surface area contributed by atoms with E-state index in [2.05, 4.69) is 5.32 Å². The van der Waals surface area contributed by atoms with E-state index < -0.39 is 6.04 Å². The molecule has 0 spiro atoms. The number of nitrogens with two attached hydrogens (primary N) is 1. The van der Waals surface area contributed by atoms with Crippen molar-refractivity contribution in [2.75, 3.05) is 13.1 Å². The molecule has 0 saturated carbocycles. The van der Waals surface area contributed by atoms with Crippen LogP contribution >= 0.6 is 0 Å². The van der Waals surface area contributed by atoms with Gasteiger partial charge in [0.1, 0.15) is 6.04 Å². The van der Waals surface area contributed by atoms with Gasteiger partial charge in [-0.25, -0.2) is 0 Å². The first kappa shape index (κ1) is 14.6. The van der Waals surface area contributed by atoms with Gasteiger partial charge in [-0.05, 0) is 24.5 Å². The van der Waals surface area contributed by atoms with Gasteiger partial charge in [-0.15, -0.1) is 0 Å². The Labute approximate surface area is 118 Å². The molecule has 0 radical (unpaired) electrons. The van der Waals surface area contributed by atoms with Crippen LogP contribution < -0.4 is 11.1 Å². The van der Waals surface area contributed by atoms with Gasteiger partial charge in [-0.1, -0.05) is 13.8 Å². The molecule has 0 aromatic carbocycles. The van der Waals surface area contributed by atoms with Gasteiger partial charge in [0.05, 0.1) is 6.26 Å². The van der Waals surface area contributed by atoms with Crippen molar-refractivity contribution < 1.29 is 14.0 Å². The molecule has 6 heteroatoms. The second-order valence-electron chi connectivity index (χ2n) is 5.51. The molecule has 1 aliphatic heterocycles. The molecule has 20 heavy (non-hydrogen) atoms. The molecule has 1 unspecified atom stereocenters. The fourth-order valence-corrected chi connectivity index (χ4v) is 2.32. The van der Waals surface area contributed by atoms with Gasteiger partial charge < -0.3 is 20.4 Å². The fourth-order valence-electron chi connectivity index (χ4n) is 2.32. The van der Waals surface area contributed by atoms with Crippen molar-refractivity contribution in [3.63, 3.8) is 0 Å². The number of nitrogens with zero attached hydrogens (tertiary/aromatic N) is 1. The van der Waals surface area contributed by atoms with Gasteiger partial charge >= 0.3 is 0 Å². The monoisotopic (exact) mass is 279 g/mol. The normalized spacial score (nSPS) is 20.2. The van der Waals surface area contributed by atoms with Crippen molar-refractivity contribution in [3.05, 3.63) is 24.2 Å². The van der Waals surface area contributed by atoms with Gasteiger partial charge in [-0.2, -0.15) is 0 Å². The number of hydrogen-bond donors (Lipinski definition) is 2. The van der Waals surface area contributed by atoms with E-state index in [4.69, 9.17) is 10.2 Å². The topological polar surface area (TPSA) is 88.6 Å². The molecule has 110 valence electrons. The summed E-state index contributed by atoms with van der Waals surface area (Å²) >= 11 is 0. The van der Waals surface area contributed by atoms with E-state index in [1.54, 1.807) is 17.0 Å². The van der Waals surface area contributed by atoms with E-state index in [9.17, 15) is 9.59 Å². The van der Waals surface area contributed by atoms with E-state index in [1.165, 1.54) is 6.26 Å². The molecule has 2 heterocycles. The SMILES string of the molecule is CC(C)C(NC(=O)c1ccco1)C(=O)N1CC[C@@H](N)C1. The highest BCUT2D eigenvalue weighted by atomic mass is 16.3. The minimum atomic E-state index is -0.558. The highest BCUT2D eigenvalue weighted by Gasteiger charge is 2.32. The van der Waals surface area contributed by atoms with Gasteiger partial charge in [0.15, 0.2) is 5.76 Å². The van der Waals surface area contributed by atoms with E-state index >= 15 is 0 Å². The van der Waals surface area contributed by atoms with Gasteiger partial charge in [-0.3, -0.25) is 9.59 Å². The molecule has 2 rings (SSSR count). The predicted molar refractivity (Wildman–Crippen MR) is 74.0 cm³/mol. The fraction of sp³-hybridized carbons (Fsp3) is 0.571. The number of furan rings is 1. The Morgan fingerprint density at radius 1 is 1.50 bits per heavy atom. The summed E-state index contributed by atoms with van der Waals surface area (Å²) in [6.45, 7) is 5.01. The van der Waals surface area contributed by atoms with Crippen LogP contribution in [0.1, 0.15) is 30.8 Å². The Kier molecular flexibility index (Phi) is 4.44. The summed E-state index contributed by atoms with van der Waals surface area (Å²) in [6, 6.07) is 2.69. The lowest BCUT2D eigenvalue weighted by Gasteiger charge is -2.26. The summed E-state index contributed by atoms with van der Waals surface area (Å²) in [6.07, 6.45) is 2.24. The highest BCUT2D eigenvalue weighted by Crippen LogP contribution is 2.13. The zero-order valence-corrected chi connectivity index (χ0v) is 11.8. The van der Waals surface area contributed by atoms with Crippen LogP contribution in [-0.4, -0.2) is 41.9 Å². The number of likely N-dealkylation sites (tertiary alicyclic amines) is 1. The largest absolute Gasteiger partial charge is 0.459 e. The zero-order valence-electron chi connectivity index (χ0n) is 11.8. The second-order valence-corrected chi connectivity index (χ2v) is 5.51. The molecular weight excluding hydrogens is 258 g/mol. The number of hydrogen-bond acceptors (Lipinski definition) is 4. The van der Waals surface area contributed by atoms with Crippen LogP contribution in [0.4, 0.5) is 0 Å². The van der Waals surface area contributed by atoms with Gasteiger partial charge in [0.2, 0.25) is 5.91 Å². The third kappa shape index (κ3) is 3.19. The van der Waals surface area contributed by atoms with Gasteiger partial charge in [0.25, 0.3) is 5.91 Å². The number of amides is 2. The quantitative estimate of drug-likeness (QED) is 0.844. The van der Waals surface area contributed by atoms with E-state index in [0.717, 1.165) is 6.42 Å². The van der Waals surface area contributed by atoms with Crippen LogP contribution in [0.3, 0.4) is 0 Å². The number of nitrogens with one attached hydrogen (secondary N) is 1. The molecule has 1 aromatic rings. The smallest absolute Gasteiger partial charge is 0.287 e. The Hall–Kier alpha value is -1.82. The molecule has 2 amide bonds. The Balaban J connectivity index is 2.03. The average molecular weight is 279 g/mol. The third-order valence-corrected chi connectivity index (χ3v) is 3.50. The molecular formula is C14H21N3O3. The lowest BCUT2D eigenvalue weighted by molar-refractivity contribution is -0.133. The van der Waals surface area contributed by atoms with Crippen molar-refractivity contribution in [1.82, 2.24) is 10.2 Å². The Morgan fingerprint density at radius 2 is 2.25 bits per heavy atom. The van der Waals surface area contributed by atoms with Gasteiger partial charge in [0, 0.05) is 19.1 Å². The molecule has 3 N–H and O–H groups in total. The average Bonchev–Trinajstić information content (AvgIpc) is 3.05. The maximum absolute atomic E-state index is 12.5. The van der Waals surface area contributed by atoms with Crippen LogP contribution in [0.15, 0.2) is 22.8 Å². The zero-order chi connectivity index (χ0) is 14.7. The van der Waals surface area contributed by atoms with E-state index in [1.807, 2.05) is 13.8 Å². The van der Waals surface area contributed by atoms with Crippen LogP contribution in [0, 0.1) is 5.92 Å². The summed E-state index contributed by atoms with van der Waals surface area (Å²) in [4.78, 5) is 26.2. The number of carbonyl (C=O) groups excluding carboxylic acids is 2. The predicted octanol–water partition coefficient (Wildman–Crippen LogP) is 0.594. The van der Waals surface area contributed by atoms with Crippen LogP contribution in [0.25, 0.3) is 0 Å². The molecule has 0 bridgehead atoms. The summed E-state index contributed by atoms with van der Waals surface area (Å²) < 4.78 is 5.04. The highest BCUT2D eigenvalue weighted by molar-refractivity contribution is 5.95. The standard InChI is InChI=1S/C14H21N3O3/c1-9(2)12(14(19)17-6-5-10(15)8-17)16-13(18)11-4-3-7-20-11/h3-4,7,9-10,12H,5-6,8,15H2,1-2H3,(H,16,18)/t10-,12?/m1/s1. The third-order valence-electron chi connectivity index (χ3n) is 3.50. The maximum atomic E-state index is 12.5. The molecule has 0 aliphatic carbocycles. The maximum Gasteiger partial charge on any atom is 0.287 e. The molecule has 1 aliphatic rings. The molecule has 1 fully saturated rings. The van der Waals surface area contributed by atoms with Crippen molar-refractivity contribution in [1.29, 1.82) is 0 Å². The number of carbonyl (C=O) groups is 2. The molecule has 6 nitrogen and oxygen atoms in total. The lowest BCUT2D eigenvalue weighted by Crippen LogP contribution is -2.51. The lowest BCUT2D eigenvalue weighted by atomic mass is 10.0. The summed E-state index contributed by atoms with van der Waals surface area (Å²) in [5.74, 6) is -0.238. The molecule has 2 atom stereocenters. The first-order valence-corrected chi connectivity index (χ1v) is 6.87. The Bertz CT molecular complexity index is 470. The Morgan fingerprint density at radius 3 is 2.75 bits per heavy atom. The first-order chi connectivity index (χ1) is 9.49. The summed E-state index contributed by atoms with van der Waals surface area (Å²) in [5, 5.41) is 2.75. The molecule has 1 saturated heterocycles. The van der Waals surface area contributed by atoms with Crippen LogP contribution in [0.2, 0.25) is 0 Å².